The van der Waals surface area contributed by atoms with Crippen molar-refractivity contribution in [1.29, 1.82) is 0 Å². The number of carbonyl (C=O) groups excluding carboxylic acids is 1. The van der Waals surface area contributed by atoms with Crippen molar-refractivity contribution < 1.29 is 14.6 Å². The molecule has 2 atom stereocenters. The average molecular weight is 316 g/mol. The molecule has 1 aromatic carbocycles. The number of carbonyl (C=O) groups is 1. The minimum Gasteiger partial charge on any atom is -0.484 e. The number of ether oxygens (including phenoxy) is 1. The molecular weight excluding hydrogens is 298 g/mol. The molecule has 0 aliphatic rings. The minimum absolute atomic E-state index is 0.0220. The number of halogens is 1. The normalized spacial score (nSPS) is 13.8. The first-order valence-corrected chi connectivity index (χ1v) is 6.62. The summed E-state index contributed by atoms with van der Waals surface area (Å²) in [5.41, 5.74) is 0. The van der Waals surface area contributed by atoms with Crippen LogP contribution in [0.3, 0.4) is 0 Å². The van der Waals surface area contributed by atoms with E-state index in [1.807, 2.05) is 19.1 Å². The zero-order valence-corrected chi connectivity index (χ0v) is 12.1. The maximum Gasteiger partial charge on any atom is 0.258 e. The van der Waals surface area contributed by atoms with Gasteiger partial charge in [-0.3, -0.25) is 4.79 Å². The Morgan fingerprint density at radius 2 is 2.00 bits per heavy atom. The second-order valence-corrected chi connectivity index (χ2v) is 5.21. The van der Waals surface area contributed by atoms with Gasteiger partial charge in [0.25, 0.3) is 5.91 Å². The monoisotopic (exact) mass is 315 g/mol. The molecule has 0 radical (unpaired) electrons. The van der Waals surface area contributed by atoms with E-state index in [0.717, 1.165) is 4.47 Å². The maximum atomic E-state index is 11.5. The van der Waals surface area contributed by atoms with Crippen LogP contribution >= 0.6 is 15.9 Å². The Balaban J connectivity index is 2.30. The van der Waals surface area contributed by atoms with Crippen molar-refractivity contribution in [2.75, 3.05) is 6.61 Å². The van der Waals surface area contributed by atoms with Crippen molar-refractivity contribution in [3.63, 3.8) is 0 Å². The Bertz CT molecular complexity index is 378. The first-order chi connectivity index (χ1) is 8.47. The van der Waals surface area contributed by atoms with Gasteiger partial charge in [-0.25, -0.2) is 0 Å². The number of hydrogen-bond donors (Lipinski definition) is 2. The van der Waals surface area contributed by atoms with Crippen molar-refractivity contribution in [2.24, 2.45) is 0 Å². The van der Waals surface area contributed by atoms with Gasteiger partial charge in [-0.05, 0) is 44.5 Å². The lowest BCUT2D eigenvalue weighted by molar-refractivity contribution is -0.123. The highest BCUT2D eigenvalue weighted by Crippen LogP contribution is 2.15. The molecule has 4 nitrogen and oxygen atoms in total. The van der Waals surface area contributed by atoms with Gasteiger partial charge < -0.3 is 15.2 Å². The summed E-state index contributed by atoms with van der Waals surface area (Å²) in [6.07, 6.45) is 0.108. The van der Waals surface area contributed by atoms with Crippen molar-refractivity contribution in [3.8, 4) is 5.75 Å². The van der Waals surface area contributed by atoms with Gasteiger partial charge in [0.05, 0.1) is 6.10 Å². The van der Waals surface area contributed by atoms with Gasteiger partial charge in [0.1, 0.15) is 5.75 Å². The van der Waals surface area contributed by atoms with Gasteiger partial charge in [-0.1, -0.05) is 15.9 Å². The summed E-state index contributed by atoms with van der Waals surface area (Å²) in [7, 11) is 0. The van der Waals surface area contributed by atoms with Crippen molar-refractivity contribution in [2.45, 2.75) is 32.4 Å². The molecule has 0 bridgehead atoms. The van der Waals surface area contributed by atoms with E-state index in [0.29, 0.717) is 12.2 Å². The van der Waals surface area contributed by atoms with E-state index >= 15 is 0 Å². The highest BCUT2D eigenvalue weighted by molar-refractivity contribution is 9.10. The third-order valence-electron chi connectivity index (χ3n) is 2.29. The lowest BCUT2D eigenvalue weighted by Gasteiger charge is -2.15. The standard InChI is InChI=1S/C13H18BrNO3/c1-9(7-10(2)16)15-13(17)8-18-12-5-3-11(14)4-6-12/h3-6,9-10,16H,7-8H2,1-2H3,(H,15,17). The highest BCUT2D eigenvalue weighted by Gasteiger charge is 2.10. The number of amides is 1. The average Bonchev–Trinajstić information content (AvgIpc) is 2.27. The van der Waals surface area contributed by atoms with Gasteiger partial charge in [-0.2, -0.15) is 0 Å². The zero-order chi connectivity index (χ0) is 13.5. The molecule has 2 unspecified atom stereocenters. The minimum atomic E-state index is -0.423. The molecule has 100 valence electrons. The second kappa shape index (κ2) is 7.38. The van der Waals surface area contributed by atoms with Gasteiger partial charge >= 0.3 is 0 Å². The predicted octanol–water partition coefficient (Wildman–Crippen LogP) is 2.10. The molecular formula is C13H18BrNO3. The van der Waals surface area contributed by atoms with Crippen LogP contribution in [0.25, 0.3) is 0 Å². The van der Waals surface area contributed by atoms with Crippen LogP contribution in [0.4, 0.5) is 0 Å². The van der Waals surface area contributed by atoms with E-state index in [2.05, 4.69) is 21.2 Å². The highest BCUT2D eigenvalue weighted by atomic mass is 79.9. The first kappa shape index (κ1) is 15.0. The lowest BCUT2D eigenvalue weighted by atomic mass is 10.1. The van der Waals surface area contributed by atoms with Gasteiger partial charge in [0.15, 0.2) is 6.61 Å². The molecule has 0 heterocycles. The van der Waals surface area contributed by atoms with Gasteiger partial charge in [0.2, 0.25) is 0 Å². The second-order valence-electron chi connectivity index (χ2n) is 4.30. The fourth-order valence-electron chi connectivity index (χ4n) is 1.57. The van der Waals surface area contributed by atoms with E-state index in [1.165, 1.54) is 0 Å². The third kappa shape index (κ3) is 6.02. The summed E-state index contributed by atoms with van der Waals surface area (Å²) in [5, 5.41) is 11.9. The van der Waals surface area contributed by atoms with Crippen LogP contribution in [0.15, 0.2) is 28.7 Å². The summed E-state index contributed by atoms with van der Waals surface area (Å²) in [6, 6.07) is 7.21. The number of aliphatic hydroxyl groups excluding tert-OH is 1. The molecule has 1 aromatic rings. The molecule has 0 saturated carbocycles. The Morgan fingerprint density at radius 3 is 2.56 bits per heavy atom. The van der Waals surface area contributed by atoms with Crippen LogP contribution in [-0.4, -0.2) is 29.8 Å². The van der Waals surface area contributed by atoms with E-state index < -0.39 is 6.10 Å². The lowest BCUT2D eigenvalue weighted by Crippen LogP contribution is -2.37. The largest absolute Gasteiger partial charge is 0.484 e. The summed E-state index contributed by atoms with van der Waals surface area (Å²) in [6.45, 7) is 3.52. The molecule has 0 aromatic heterocycles. The molecule has 0 spiro atoms. The van der Waals surface area contributed by atoms with Crippen LogP contribution in [0.5, 0.6) is 5.75 Å². The Labute approximate surface area is 115 Å². The van der Waals surface area contributed by atoms with E-state index in [9.17, 15) is 9.90 Å². The van der Waals surface area contributed by atoms with Crippen molar-refractivity contribution in [3.05, 3.63) is 28.7 Å². The van der Waals surface area contributed by atoms with Gasteiger partial charge in [-0.15, -0.1) is 0 Å². The zero-order valence-electron chi connectivity index (χ0n) is 10.5. The van der Waals surface area contributed by atoms with E-state index in [1.54, 1.807) is 19.1 Å². The molecule has 0 aliphatic heterocycles. The third-order valence-corrected chi connectivity index (χ3v) is 2.81. The molecule has 0 aliphatic carbocycles. The van der Waals surface area contributed by atoms with E-state index in [4.69, 9.17) is 4.74 Å². The fraction of sp³-hybridized carbons (Fsp3) is 0.462. The number of rotatable bonds is 6. The SMILES string of the molecule is CC(O)CC(C)NC(=O)COc1ccc(Br)cc1. The molecule has 5 heteroatoms. The molecule has 18 heavy (non-hydrogen) atoms. The van der Waals surface area contributed by atoms with Crippen LogP contribution < -0.4 is 10.1 Å². The molecule has 0 saturated heterocycles. The van der Waals surface area contributed by atoms with Crippen molar-refractivity contribution in [1.82, 2.24) is 5.32 Å². The molecule has 2 N–H and O–H groups in total. The van der Waals surface area contributed by atoms with Gasteiger partial charge in [0, 0.05) is 10.5 Å². The quantitative estimate of drug-likeness (QED) is 0.845. The number of nitrogens with one attached hydrogen (secondary N) is 1. The van der Waals surface area contributed by atoms with Crippen LogP contribution in [0, 0.1) is 0 Å². The number of aliphatic hydroxyl groups is 1. The van der Waals surface area contributed by atoms with E-state index in [-0.39, 0.29) is 18.6 Å². The molecule has 1 amide bonds. The topological polar surface area (TPSA) is 58.6 Å². The van der Waals surface area contributed by atoms with Crippen LogP contribution in [0.2, 0.25) is 0 Å². The summed E-state index contributed by atoms with van der Waals surface area (Å²) in [4.78, 5) is 11.5. The maximum absolute atomic E-state index is 11.5. The summed E-state index contributed by atoms with van der Waals surface area (Å²) in [5.74, 6) is 0.461. The Kier molecular flexibility index (Phi) is 6.15. The first-order valence-electron chi connectivity index (χ1n) is 5.83. The summed E-state index contributed by atoms with van der Waals surface area (Å²) < 4.78 is 6.30. The Hall–Kier alpha value is -1.07. The van der Waals surface area contributed by atoms with Crippen LogP contribution in [0.1, 0.15) is 20.3 Å². The van der Waals surface area contributed by atoms with Crippen LogP contribution in [-0.2, 0) is 4.79 Å². The smallest absolute Gasteiger partial charge is 0.258 e. The molecule has 0 fully saturated rings. The number of hydrogen-bond acceptors (Lipinski definition) is 3. The number of benzene rings is 1. The van der Waals surface area contributed by atoms with Crippen molar-refractivity contribution >= 4 is 21.8 Å². The summed E-state index contributed by atoms with van der Waals surface area (Å²) >= 11 is 3.32. The Morgan fingerprint density at radius 1 is 1.39 bits per heavy atom. The fourth-order valence-corrected chi connectivity index (χ4v) is 1.83. The predicted molar refractivity (Wildman–Crippen MR) is 73.5 cm³/mol. The molecule has 1 rings (SSSR count).